The molecule has 130 valence electrons. The van der Waals surface area contributed by atoms with Crippen LogP contribution in [0, 0.1) is 0 Å². The summed E-state index contributed by atoms with van der Waals surface area (Å²) in [6, 6.07) is 9.93. The van der Waals surface area contributed by atoms with Crippen molar-refractivity contribution in [2.45, 2.75) is 30.3 Å². The minimum Gasteiger partial charge on any atom is -0.383 e. The number of nitrogens with zero attached hydrogens (tertiary/aromatic N) is 2. The highest BCUT2D eigenvalue weighted by molar-refractivity contribution is 8.00. The first-order chi connectivity index (χ1) is 11.6. The first-order valence-corrected chi connectivity index (χ1v) is 8.62. The van der Waals surface area contributed by atoms with Crippen molar-refractivity contribution in [3.05, 3.63) is 46.4 Å². The number of benzene rings is 1. The van der Waals surface area contributed by atoms with Gasteiger partial charge in [0.1, 0.15) is 0 Å². The topological polar surface area (TPSA) is 89.0 Å². The molecule has 1 heterocycles. The molecule has 0 aliphatic rings. The monoisotopic (exact) mass is 350 g/mol. The van der Waals surface area contributed by atoms with E-state index in [1.165, 1.54) is 11.8 Å². The molecule has 1 atom stereocenters. The first-order valence-electron chi connectivity index (χ1n) is 7.74. The maximum absolute atomic E-state index is 12.0. The molecule has 0 spiro atoms. The number of carbonyl (C=O) groups is 1. The number of aromatic nitrogens is 3. The van der Waals surface area contributed by atoms with Crippen LogP contribution in [-0.4, -0.2) is 46.2 Å². The highest BCUT2D eigenvalue weighted by Gasteiger charge is 2.18. The van der Waals surface area contributed by atoms with Crippen molar-refractivity contribution in [3.63, 3.8) is 0 Å². The number of H-pyrrole nitrogens is 1. The fourth-order valence-electron chi connectivity index (χ4n) is 2.11. The molecular formula is C16H22N4O3S. The number of carbonyl (C=O) groups excluding carboxylic acids is 1. The van der Waals surface area contributed by atoms with Gasteiger partial charge in [0.05, 0.1) is 11.9 Å². The summed E-state index contributed by atoms with van der Waals surface area (Å²) in [7, 11) is 1.58. The average Bonchev–Trinajstić information content (AvgIpc) is 2.93. The van der Waals surface area contributed by atoms with Crippen molar-refractivity contribution < 1.29 is 9.53 Å². The molecule has 2 rings (SSSR count). The summed E-state index contributed by atoms with van der Waals surface area (Å²) in [6.45, 7) is 3.22. The minimum absolute atomic E-state index is 0.109. The van der Waals surface area contributed by atoms with Crippen LogP contribution in [-0.2, 0) is 22.5 Å². The largest absolute Gasteiger partial charge is 0.383 e. The summed E-state index contributed by atoms with van der Waals surface area (Å²) in [4.78, 5) is 23.9. The molecule has 1 amide bonds. The van der Waals surface area contributed by atoms with Gasteiger partial charge in [0.25, 0.3) is 0 Å². The van der Waals surface area contributed by atoms with Gasteiger partial charge >= 0.3 is 5.69 Å². The SMILES string of the molecule is COCCNC(=O)[C@H](C)Sc1n[nH]c(=O)n1CCc1ccccc1. The van der Waals surface area contributed by atoms with Gasteiger partial charge in [0.2, 0.25) is 5.91 Å². The molecule has 0 unspecified atom stereocenters. The van der Waals surface area contributed by atoms with Crippen LogP contribution in [0.15, 0.2) is 40.3 Å². The standard InChI is InChI=1S/C16H22N4O3S/c1-12(14(21)17-9-11-23-2)24-16-19-18-15(22)20(16)10-8-13-6-4-3-5-7-13/h3-7,12H,8-11H2,1-2H3,(H,17,21)(H,18,22)/t12-/m0/s1. The van der Waals surface area contributed by atoms with E-state index in [0.29, 0.717) is 24.9 Å². The van der Waals surface area contributed by atoms with Crippen LogP contribution >= 0.6 is 11.8 Å². The van der Waals surface area contributed by atoms with Gasteiger partial charge in [0, 0.05) is 20.2 Å². The van der Waals surface area contributed by atoms with Gasteiger partial charge in [-0.05, 0) is 18.9 Å². The average molecular weight is 350 g/mol. The van der Waals surface area contributed by atoms with Crippen LogP contribution in [0.4, 0.5) is 0 Å². The van der Waals surface area contributed by atoms with Gasteiger partial charge in [-0.25, -0.2) is 9.89 Å². The van der Waals surface area contributed by atoms with Crippen molar-refractivity contribution in [1.82, 2.24) is 20.1 Å². The Balaban J connectivity index is 1.96. The molecule has 0 saturated carbocycles. The van der Waals surface area contributed by atoms with E-state index in [4.69, 9.17) is 4.74 Å². The molecule has 2 aromatic rings. The van der Waals surface area contributed by atoms with Crippen LogP contribution in [0.2, 0.25) is 0 Å². The third-order valence-electron chi connectivity index (χ3n) is 3.45. The van der Waals surface area contributed by atoms with Crippen molar-refractivity contribution >= 4 is 17.7 Å². The zero-order valence-corrected chi connectivity index (χ0v) is 14.6. The van der Waals surface area contributed by atoms with E-state index >= 15 is 0 Å². The molecule has 8 heteroatoms. The van der Waals surface area contributed by atoms with Crippen molar-refractivity contribution in [3.8, 4) is 0 Å². The Kier molecular flexibility index (Phi) is 7.07. The third-order valence-corrected chi connectivity index (χ3v) is 4.54. The molecule has 1 aromatic heterocycles. The second-order valence-electron chi connectivity index (χ2n) is 5.24. The van der Waals surface area contributed by atoms with Gasteiger partial charge in [-0.1, -0.05) is 42.1 Å². The van der Waals surface area contributed by atoms with E-state index < -0.39 is 0 Å². The third kappa shape index (κ3) is 5.24. The lowest BCUT2D eigenvalue weighted by atomic mass is 10.1. The number of rotatable bonds is 9. The number of aryl methyl sites for hydroxylation is 1. The molecule has 0 radical (unpaired) electrons. The van der Waals surface area contributed by atoms with Crippen LogP contribution in [0.1, 0.15) is 12.5 Å². The predicted molar refractivity (Wildman–Crippen MR) is 93.2 cm³/mol. The zero-order chi connectivity index (χ0) is 17.4. The van der Waals surface area contributed by atoms with E-state index in [1.807, 2.05) is 30.3 Å². The molecular weight excluding hydrogens is 328 g/mol. The first kappa shape index (κ1) is 18.3. The number of methoxy groups -OCH3 is 1. The number of hydrogen-bond acceptors (Lipinski definition) is 5. The van der Waals surface area contributed by atoms with Gasteiger partial charge in [-0.15, -0.1) is 5.10 Å². The Morgan fingerprint density at radius 3 is 2.88 bits per heavy atom. The van der Waals surface area contributed by atoms with E-state index in [2.05, 4.69) is 15.5 Å². The van der Waals surface area contributed by atoms with E-state index in [0.717, 1.165) is 12.0 Å². The Morgan fingerprint density at radius 1 is 1.42 bits per heavy atom. The summed E-state index contributed by atoms with van der Waals surface area (Å²) in [5.74, 6) is -0.109. The van der Waals surface area contributed by atoms with Crippen LogP contribution in [0.5, 0.6) is 0 Å². The van der Waals surface area contributed by atoms with E-state index in [1.54, 1.807) is 18.6 Å². The van der Waals surface area contributed by atoms with Crippen LogP contribution < -0.4 is 11.0 Å². The summed E-state index contributed by atoms with van der Waals surface area (Å²) in [6.07, 6.45) is 0.724. The Bertz CT molecular complexity index is 699. The van der Waals surface area contributed by atoms with Crippen molar-refractivity contribution in [2.75, 3.05) is 20.3 Å². The van der Waals surface area contributed by atoms with E-state index in [9.17, 15) is 9.59 Å². The summed E-state index contributed by atoms with van der Waals surface area (Å²) < 4.78 is 6.47. The lowest BCUT2D eigenvalue weighted by Gasteiger charge is -2.12. The van der Waals surface area contributed by atoms with Gasteiger partial charge in [0.15, 0.2) is 5.16 Å². The molecule has 1 aromatic carbocycles. The Labute approximate surface area is 144 Å². The smallest absolute Gasteiger partial charge is 0.343 e. The molecule has 24 heavy (non-hydrogen) atoms. The highest BCUT2D eigenvalue weighted by atomic mass is 32.2. The maximum Gasteiger partial charge on any atom is 0.343 e. The van der Waals surface area contributed by atoms with Crippen molar-refractivity contribution in [1.29, 1.82) is 0 Å². The zero-order valence-electron chi connectivity index (χ0n) is 13.8. The summed E-state index contributed by atoms with van der Waals surface area (Å²) in [5, 5.41) is 9.43. The van der Waals surface area contributed by atoms with Gasteiger partial charge in [-0.2, -0.15) is 0 Å². The fourth-order valence-corrected chi connectivity index (χ4v) is 3.01. The van der Waals surface area contributed by atoms with E-state index in [-0.39, 0.29) is 16.8 Å². The lowest BCUT2D eigenvalue weighted by molar-refractivity contribution is -0.120. The van der Waals surface area contributed by atoms with Crippen molar-refractivity contribution in [2.24, 2.45) is 0 Å². The molecule has 0 aliphatic carbocycles. The number of hydrogen-bond donors (Lipinski definition) is 2. The molecule has 7 nitrogen and oxygen atoms in total. The fraction of sp³-hybridized carbons (Fsp3) is 0.438. The summed E-state index contributed by atoms with van der Waals surface area (Å²) >= 11 is 1.26. The normalized spacial score (nSPS) is 12.1. The molecule has 0 aliphatic heterocycles. The minimum atomic E-state index is -0.354. The second kappa shape index (κ2) is 9.29. The van der Waals surface area contributed by atoms with Gasteiger partial charge < -0.3 is 10.1 Å². The number of thioether (sulfide) groups is 1. The van der Waals surface area contributed by atoms with Crippen LogP contribution in [0.3, 0.4) is 0 Å². The highest BCUT2D eigenvalue weighted by Crippen LogP contribution is 2.20. The molecule has 2 N–H and O–H groups in total. The molecule has 0 bridgehead atoms. The molecule has 0 fully saturated rings. The number of aromatic amines is 1. The summed E-state index contributed by atoms with van der Waals surface area (Å²) in [5.41, 5.74) is 0.882. The maximum atomic E-state index is 12.0. The lowest BCUT2D eigenvalue weighted by Crippen LogP contribution is -2.33. The second-order valence-corrected chi connectivity index (χ2v) is 6.55. The Hall–Kier alpha value is -2.06. The van der Waals surface area contributed by atoms with Gasteiger partial charge in [-0.3, -0.25) is 9.36 Å². The predicted octanol–water partition coefficient (Wildman–Crippen LogP) is 1.06. The quantitative estimate of drug-likeness (QED) is 0.521. The Morgan fingerprint density at radius 2 is 2.17 bits per heavy atom. The number of ether oxygens (including phenoxy) is 1. The molecule has 0 saturated heterocycles. The number of amides is 1. The van der Waals surface area contributed by atoms with Crippen LogP contribution in [0.25, 0.3) is 0 Å². The number of nitrogens with one attached hydrogen (secondary N) is 2.